The second-order valence-electron chi connectivity index (χ2n) is 28.3. The van der Waals surface area contributed by atoms with Crippen molar-refractivity contribution in [1.29, 1.82) is 0 Å². The molecule has 0 aromatic carbocycles. The quantitative estimate of drug-likeness (QED) is 0.0264. The maximum atomic E-state index is 12.8. The monoisotopic (exact) mass is 1400 g/mol. The number of allylic oxidation sites excluding steroid dienone is 18. The molecular weight excluding hydrogens is 1240 g/mol. The molecule has 0 radical (unpaired) electrons. The Hall–Kier alpha value is -3.33. The van der Waals surface area contributed by atoms with Crippen molar-refractivity contribution in [2.45, 2.75) is 418 Å². The van der Waals surface area contributed by atoms with E-state index in [9.17, 15) is 19.0 Å². The fourth-order valence-corrected chi connectivity index (χ4v) is 13.2. The molecule has 9 nitrogen and oxygen atoms in total. The number of phosphoric acid groups is 1. The van der Waals surface area contributed by atoms with Crippen molar-refractivity contribution < 1.29 is 37.6 Å². The van der Waals surface area contributed by atoms with Gasteiger partial charge in [-0.1, -0.05) is 406 Å². The third-order valence-electron chi connectivity index (χ3n) is 18.6. The van der Waals surface area contributed by atoms with E-state index in [0.29, 0.717) is 6.42 Å². The van der Waals surface area contributed by atoms with Gasteiger partial charge in [0.25, 0.3) is 0 Å². The number of unbranched alkanes of at least 4 members (excludes halogenated alkanes) is 49. The molecule has 0 spiro atoms. The zero-order chi connectivity index (χ0) is 71.5. The lowest BCUT2D eigenvalue weighted by molar-refractivity contribution is -0.161. The van der Waals surface area contributed by atoms with Crippen molar-refractivity contribution >= 4 is 19.8 Å². The Labute approximate surface area is 613 Å². The van der Waals surface area contributed by atoms with E-state index >= 15 is 0 Å². The van der Waals surface area contributed by atoms with Crippen molar-refractivity contribution in [3.05, 3.63) is 109 Å². The molecule has 0 saturated carbocycles. The van der Waals surface area contributed by atoms with E-state index in [0.717, 1.165) is 89.9 Å². The number of hydrogen-bond acceptors (Lipinski definition) is 8. The largest absolute Gasteiger partial charge is 0.472 e. The van der Waals surface area contributed by atoms with E-state index in [2.05, 4.69) is 123 Å². The average Bonchev–Trinajstić information content (AvgIpc) is 1.35. The van der Waals surface area contributed by atoms with Crippen LogP contribution in [0.15, 0.2) is 109 Å². The van der Waals surface area contributed by atoms with E-state index in [1.54, 1.807) is 0 Å². The van der Waals surface area contributed by atoms with Crippen molar-refractivity contribution in [3.8, 4) is 0 Å². The summed E-state index contributed by atoms with van der Waals surface area (Å²) in [6, 6.07) is 0. The summed E-state index contributed by atoms with van der Waals surface area (Å²) in [5.74, 6) is -0.813. The number of phosphoric ester groups is 1. The Morgan fingerprint density at radius 2 is 0.556 bits per heavy atom. The lowest BCUT2D eigenvalue weighted by Gasteiger charge is -2.19. The Kier molecular flexibility index (Phi) is 80.8. The summed E-state index contributed by atoms with van der Waals surface area (Å²) in [5.41, 5.74) is 5.42. The van der Waals surface area contributed by atoms with Gasteiger partial charge in [-0.25, -0.2) is 4.57 Å². The van der Waals surface area contributed by atoms with Gasteiger partial charge in [0, 0.05) is 19.4 Å². The number of carbonyl (C=O) groups is 2. The molecule has 0 aliphatic carbocycles. The first-order chi connectivity index (χ1) is 48.8. The molecule has 0 aromatic heterocycles. The number of hydrogen-bond donors (Lipinski definition) is 2. The second-order valence-corrected chi connectivity index (χ2v) is 29.8. The maximum Gasteiger partial charge on any atom is 0.472 e. The van der Waals surface area contributed by atoms with Crippen LogP contribution in [-0.4, -0.2) is 49.3 Å². The highest BCUT2D eigenvalue weighted by Crippen LogP contribution is 2.43. The highest BCUT2D eigenvalue weighted by atomic mass is 31.2. The van der Waals surface area contributed by atoms with Crippen LogP contribution in [0.25, 0.3) is 0 Å². The van der Waals surface area contributed by atoms with Crippen LogP contribution in [0.3, 0.4) is 0 Å². The van der Waals surface area contributed by atoms with Gasteiger partial charge < -0.3 is 20.1 Å². The first kappa shape index (κ1) is 95.7. The molecule has 2 atom stereocenters. The van der Waals surface area contributed by atoms with E-state index in [1.165, 1.54) is 289 Å². The molecule has 0 fully saturated rings. The molecule has 0 aromatic rings. The van der Waals surface area contributed by atoms with Crippen molar-refractivity contribution in [2.24, 2.45) is 5.73 Å². The zero-order valence-electron chi connectivity index (χ0n) is 65.0. The number of nitrogens with two attached hydrogens (primary N) is 1. The van der Waals surface area contributed by atoms with Gasteiger partial charge in [-0.2, -0.15) is 0 Å². The van der Waals surface area contributed by atoms with Crippen LogP contribution < -0.4 is 5.73 Å². The summed E-state index contributed by atoms with van der Waals surface area (Å²) in [7, 11) is -4.40. The average molecular weight is 1400 g/mol. The predicted octanol–water partition coefficient (Wildman–Crippen LogP) is 28.8. The van der Waals surface area contributed by atoms with Crippen molar-refractivity contribution in [3.63, 3.8) is 0 Å². The van der Waals surface area contributed by atoms with Gasteiger partial charge in [-0.05, 0) is 103 Å². The molecule has 10 heteroatoms. The topological polar surface area (TPSA) is 134 Å². The van der Waals surface area contributed by atoms with Crippen LogP contribution in [0.4, 0.5) is 0 Å². The van der Waals surface area contributed by atoms with Gasteiger partial charge in [-0.15, -0.1) is 0 Å². The van der Waals surface area contributed by atoms with Crippen LogP contribution >= 0.6 is 7.82 Å². The van der Waals surface area contributed by atoms with Crippen molar-refractivity contribution in [1.82, 2.24) is 0 Å². The number of rotatable bonds is 80. The highest BCUT2D eigenvalue weighted by molar-refractivity contribution is 7.47. The standard InChI is InChI=1S/C89H160NO8P/c1-3-5-7-9-11-13-15-17-19-21-23-25-27-29-31-33-35-37-39-41-43-45-47-49-51-53-55-57-59-61-63-65-67-69-71-73-75-77-79-81-88(91)95-85-87(86-97-99(93,94)96-84-83-90)98-89(92)82-80-78-76-74-72-70-68-66-64-62-60-58-56-54-52-50-48-46-44-42-40-38-36-34-32-30-28-26-24-22-20-18-16-14-12-10-8-6-4-2/h6,8,12,14,18,20-21,23-24,26,30,32,36,38,42,44,48,50,87H,3-5,7,9-11,13,15-17,19,22,25,27-29,31,33-35,37,39-41,43,45-47,49,51-86,90H2,1-2H3,(H,93,94)/b8-6-,14-12-,20-18-,23-21-,26-24-,32-30-,38-36-,44-42-,50-48-. The Balaban J connectivity index is 3.78. The summed E-state index contributed by atoms with van der Waals surface area (Å²) in [5, 5.41) is 0. The van der Waals surface area contributed by atoms with E-state index in [-0.39, 0.29) is 38.6 Å². The van der Waals surface area contributed by atoms with Gasteiger partial charge in [-0.3, -0.25) is 18.6 Å². The van der Waals surface area contributed by atoms with Gasteiger partial charge >= 0.3 is 19.8 Å². The fourth-order valence-electron chi connectivity index (χ4n) is 12.4. The summed E-state index contributed by atoms with van der Waals surface area (Å²) < 4.78 is 33.3. The van der Waals surface area contributed by atoms with E-state index in [1.807, 2.05) is 0 Å². The smallest absolute Gasteiger partial charge is 0.462 e. The molecule has 0 aliphatic heterocycles. The fraction of sp³-hybridized carbons (Fsp3) is 0.775. The zero-order valence-corrected chi connectivity index (χ0v) is 65.9. The molecule has 0 saturated heterocycles. The van der Waals surface area contributed by atoms with Crippen LogP contribution in [0, 0.1) is 0 Å². The van der Waals surface area contributed by atoms with Gasteiger partial charge in [0.05, 0.1) is 13.2 Å². The second kappa shape index (κ2) is 83.6. The van der Waals surface area contributed by atoms with E-state index < -0.39 is 26.5 Å². The summed E-state index contributed by atoms with van der Waals surface area (Å²) in [6.07, 6.45) is 117. The molecule has 99 heavy (non-hydrogen) atoms. The van der Waals surface area contributed by atoms with Crippen LogP contribution in [0.1, 0.15) is 412 Å². The maximum absolute atomic E-state index is 12.8. The Morgan fingerprint density at radius 1 is 0.313 bits per heavy atom. The molecular formula is C89H160NO8P. The summed E-state index contributed by atoms with van der Waals surface area (Å²) in [4.78, 5) is 35.5. The molecule has 3 N–H and O–H groups in total. The van der Waals surface area contributed by atoms with Crippen LogP contribution in [-0.2, 0) is 32.7 Å². The molecule has 0 rings (SSSR count). The van der Waals surface area contributed by atoms with Crippen molar-refractivity contribution in [2.75, 3.05) is 26.4 Å². The SMILES string of the molecule is CC/C=C\C/C=C\C/C=C\C/C=C\C/C=C\C/C=C\C/C=C\C/C=C\CCCCCCCCCCCCCCCCC(=O)OC(COC(=O)CCCCCCCCCCCCCCCCCCCCCCCCCCCCC/C=C\CCCCCCCCCC)COP(=O)(O)OCCN. The third-order valence-corrected chi connectivity index (χ3v) is 19.6. The lowest BCUT2D eigenvalue weighted by Crippen LogP contribution is -2.29. The Morgan fingerprint density at radius 3 is 0.838 bits per heavy atom. The number of esters is 2. The predicted molar refractivity (Wildman–Crippen MR) is 431 cm³/mol. The van der Waals surface area contributed by atoms with Gasteiger partial charge in [0.2, 0.25) is 0 Å². The van der Waals surface area contributed by atoms with E-state index in [4.69, 9.17) is 24.3 Å². The first-order valence-corrected chi connectivity index (χ1v) is 43.9. The molecule has 0 amide bonds. The minimum atomic E-state index is -4.40. The van der Waals surface area contributed by atoms with Crippen LogP contribution in [0.5, 0.6) is 0 Å². The molecule has 2 unspecified atom stereocenters. The summed E-state index contributed by atoms with van der Waals surface area (Å²) >= 11 is 0. The normalized spacial score (nSPS) is 13.4. The van der Waals surface area contributed by atoms with Gasteiger partial charge in [0.15, 0.2) is 6.10 Å². The first-order valence-electron chi connectivity index (χ1n) is 42.4. The minimum absolute atomic E-state index is 0.0519. The third kappa shape index (κ3) is 83.5. The summed E-state index contributed by atoms with van der Waals surface area (Å²) in [6.45, 7) is 3.68. The molecule has 0 bridgehead atoms. The Bertz CT molecular complexity index is 2000. The molecule has 0 aliphatic rings. The lowest BCUT2D eigenvalue weighted by atomic mass is 10.0. The molecule has 0 heterocycles. The highest BCUT2D eigenvalue weighted by Gasteiger charge is 2.26. The molecule has 574 valence electrons. The van der Waals surface area contributed by atoms with Gasteiger partial charge in [0.1, 0.15) is 6.61 Å². The number of carbonyl (C=O) groups excluding carboxylic acids is 2. The minimum Gasteiger partial charge on any atom is -0.462 e. The number of ether oxygens (including phenoxy) is 2. The van der Waals surface area contributed by atoms with Crippen LogP contribution in [0.2, 0.25) is 0 Å².